The van der Waals surface area contributed by atoms with Gasteiger partial charge in [0.2, 0.25) is 0 Å². The molecule has 0 radical (unpaired) electrons. The Labute approximate surface area is 93.6 Å². The smallest absolute Gasteiger partial charge is 0.311 e. The van der Waals surface area contributed by atoms with Crippen LogP contribution in [-0.4, -0.2) is 17.6 Å². The summed E-state index contributed by atoms with van der Waals surface area (Å²) in [6.07, 6.45) is 2.26. The van der Waals surface area contributed by atoms with Crippen molar-refractivity contribution in [2.45, 2.75) is 25.3 Å². The van der Waals surface area contributed by atoms with Crippen LogP contribution >= 0.6 is 0 Å². The van der Waals surface area contributed by atoms with Crippen LogP contribution in [0.4, 0.5) is 11.4 Å². The minimum atomic E-state index is -0.443. The second-order valence-corrected chi connectivity index (χ2v) is 4.33. The average Bonchev–Trinajstić information content (AvgIpc) is 2.95. The highest BCUT2D eigenvalue weighted by molar-refractivity contribution is 5.59. The number of nitrogens with one attached hydrogen (secondary N) is 1. The van der Waals surface area contributed by atoms with E-state index in [4.69, 9.17) is 4.74 Å². The summed E-state index contributed by atoms with van der Waals surface area (Å²) in [4.78, 5) is 10.3. The molecule has 16 heavy (non-hydrogen) atoms. The van der Waals surface area contributed by atoms with Gasteiger partial charge in [-0.05, 0) is 25.8 Å². The number of benzene rings is 1. The normalized spacial score (nSPS) is 16.6. The molecule has 0 bridgehead atoms. The van der Waals surface area contributed by atoms with Gasteiger partial charge in [0, 0.05) is 23.4 Å². The monoisotopic (exact) mass is 222 g/mol. The predicted octanol–water partition coefficient (Wildman–Crippen LogP) is 2.57. The molecule has 0 aromatic heterocycles. The molecule has 1 aliphatic rings. The van der Waals surface area contributed by atoms with Crippen LogP contribution in [0.3, 0.4) is 0 Å². The quantitative estimate of drug-likeness (QED) is 0.628. The Morgan fingerprint density at radius 1 is 1.50 bits per heavy atom. The molecule has 0 unspecified atom stereocenters. The first kappa shape index (κ1) is 10.7. The zero-order valence-corrected chi connectivity index (χ0v) is 9.32. The minimum Gasteiger partial charge on any atom is -0.490 e. The fourth-order valence-corrected chi connectivity index (χ4v) is 1.57. The number of anilines is 1. The summed E-state index contributed by atoms with van der Waals surface area (Å²) in [6, 6.07) is 4.85. The fourth-order valence-electron chi connectivity index (χ4n) is 1.57. The van der Waals surface area contributed by atoms with Crippen molar-refractivity contribution in [3.8, 4) is 5.75 Å². The number of hydrogen-bond donors (Lipinski definition) is 1. The third-order valence-corrected chi connectivity index (χ3v) is 2.82. The van der Waals surface area contributed by atoms with E-state index < -0.39 is 4.92 Å². The molecule has 5 nitrogen and oxygen atoms in total. The Hall–Kier alpha value is -1.78. The highest BCUT2D eigenvalue weighted by Gasteiger charge is 2.37. The molecule has 2 rings (SSSR count). The van der Waals surface area contributed by atoms with Crippen molar-refractivity contribution in [1.82, 2.24) is 0 Å². The lowest BCUT2D eigenvalue weighted by Gasteiger charge is -2.13. The summed E-state index contributed by atoms with van der Waals surface area (Å²) in [7, 11) is 1.44. The van der Waals surface area contributed by atoms with Gasteiger partial charge in [-0.15, -0.1) is 0 Å². The maximum absolute atomic E-state index is 10.7. The van der Waals surface area contributed by atoms with Gasteiger partial charge in [0.15, 0.2) is 5.75 Å². The van der Waals surface area contributed by atoms with Crippen LogP contribution in [0.15, 0.2) is 18.2 Å². The highest BCUT2D eigenvalue weighted by Crippen LogP contribution is 2.39. The summed E-state index contributed by atoms with van der Waals surface area (Å²) in [5, 5.41) is 14.0. The Balaban J connectivity index is 2.25. The van der Waals surface area contributed by atoms with Crippen LogP contribution in [0.5, 0.6) is 5.75 Å². The molecule has 0 heterocycles. The van der Waals surface area contributed by atoms with E-state index in [9.17, 15) is 10.1 Å². The molecular weight excluding hydrogens is 208 g/mol. The van der Waals surface area contributed by atoms with Crippen LogP contribution in [0.25, 0.3) is 0 Å². The molecule has 1 N–H and O–H groups in total. The Bertz CT molecular complexity index is 427. The summed E-state index contributed by atoms with van der Waals surface area (Å²) in [6.45, 7) is 2.13. The van der Waals surface area contributed by atoms with Gasteiger partial charge >= 0.3 is 5.69 Å². The molecule has 0 aliphatic heterocycles. The van der Waals surface area contributed by atoms with Crippen LogP contribution in [-0.2, 0) is 0 Å². The molecule has 1 aromatic rings. The summed E-state index contributed by atoms with van der Waals surface area (Å²) >= 11 is 0. The molecule has 86 valence electrons. The van der Waals surface area contributed by atoms with Gasteiger partial charge in [-0.3, -0.25) is 10.1 Å². The molecule has 0 spiro atoms. The maximum Gasteiger partial charge on any atom is 0.311 e. The number of rotatable bonds is 4. The van der Waals surface area contributed by atoms with Crippen molar-refractivity contribution in [1.29, 1.82) is 0 Å². The first-order valence-corrected chi connectivity index (χ1v) is 5.15. The van der Waals surface area contributed by atoms with E-state index >= 15 is 0 Å². The van der Waals surface area contributed by atoms with Crippen LogP contribution in [0.2, 0.25) is 0 Å². The van der Waals surface area contributed by atoms with Gasteiger partial charge < -0.3 is 10.1 Å². The van der Waals surface area contributed by atoms with E-state index in [1.54, 1.807) is 12.1 Å². The number of ether oxygens (including phenoxy) is 1. The zero-order chi connectivity index (χ0) is 11.8. The zero-order valence-electron chi connectivity index (χ0n) is 9.32. The standard InChI is InChI=1S/C11H14N2O3/c1-11(5-6-11)12-8-3-4-9(13(14)15)10(7-8)16-2/h3-4,7,12H,5-6H2,1-2H3. The number of nitro benzene ring substituents is 1. The summed E-state index contributed by atoms with van der Waals surface area (Å²) < 4.78 is 5.00. The Kier molecular flexibility index (Phi) is 2.46. The van der Waals surface area contributed by atoms with Crippen molar-refractivity contribution in [2.24, 2.45) is 0 Å². The number of nitro groups is 1. The largest absolute Gasteiger partial charge is 0.490 e. The molecule has 0 amide bonds. The van der Waals surface area contributed by atoms with Crippen LogP contribution in [0, 0.1) is 10.1 Å². The van der Waals surface area contributed by atoms with Crippen molar-refractivity contribution >= 4 is 11.4 Å². The van der Waals surface area contributed by atoms with Crippen molar-refractivity contribution < 1.29 is 9.66 Å². The lowest BCUT2D eigenvalue weighted by atomic mass is 10.2. The lowest BCUT2D eigenvalue weighted by Crippen LogP contribution is -2.15. The second kappa shape index (κ2) is 3.66. The first-order valence-electron chi connectivity index (χ1n) is 5.15. The van der Waals surface area contributed by atoms with E-state index in [2.05, 4.69) is 12.2 Å². The topological polar surface area (TPSA) is 64.4 Å². The Morgan fingerprint density at radius 2 is 2.19 bits per heavy atom. The molecular formula is C11H14N2O3. The third kappa shape index (κ3) is 2.08. The number of nitrogens with zero attached hydrogens (tertiary/aromatic N) is 1. The van der Waals surface area contributed by atoms with E-state index in [0.29, 0.717) is 5.75 Å². The summed E-state index contributed by atoms with van der Waals surface area (Å²) in [5.74, 6) is 0.291. The third-order valence-electron chi connectivity index (χ3n) is 2.82. The van der Waals surface area contributed by atoms with E-state index in [0.717, 1.165) is 18.5 Å². The number of hydrogen-bond acceptors (Lipinski definition) is 4. The first-order chi connectivity index (χ1) is 7.54. The van der Waals surface area contributed by atoms with Gasteiger partial charge in [-0.25, -0.2) is 0 Å². The van der Waals surface area contributed by atoms with E-state index in [1.807, 2.05) is 0 Å². The highest BCUT2D eigenvalue weighted by atomic mass is 16.6. The minimum absolute atomic E-state index is 0.00556. The van der Waals surface area contributed by atoms with Gasteiger partial charge in [-0.2, -0.15) is 0 Å². The number of methoxy groups -OCH3 is 1. The molecule has 1 saturated carbocycles. The maximum atomic E-state index is 10.7. The van der Waals surface area contributed by atoms with Crippen LogP contribution in [0.1, 0.15) is 19.8 Å². The van der Waals surface area contributed by atoms with Crippen molar-refractivity contribution in [3.05, 3.63) is 28.3 Å². The predicted molar refractivity (Wildman–Crippen MR) is 60.9 cm³/mol. The molecule has 1 fully saturated rings. The van der Waals surface area contributed by atoms with Gasteiger partial charge in [0.1, 0.15) is 0 Å². The molecule has 1 aromatic carbocycles. The second-order valence-electron chi connectivity index (χ2n) is 4.33. The Morgan fingerprint density at radius 3 is 2.69 bits per heavy atom. The average molecular weight is 222 g/mol. The van der Waals surface area contributed by atoms with Gasteiger partial charge in [0.25, 0.3) is 0 Å². The van der Waals surface area contributed by atoms with E-state index in [-0.39, 0.29) is 11.2 Å². The molecule has 5 heteroatoms. The fraction of sp³-hybridized carbons (Fsp3) is 0.455. The summed E-state index contributed by atoms with van der Waals surface area (Å²) in [5.41, 5.74) is 1.01. The lowest BCUT2D eigenvalue weighted by molar-refractivity contribution is -0.385. The van der Waals surface area contributed by atoms with Gasteiger partial charge in [0.05, 0.1) is 12.0 Å². The van der Waals surface area contributed by atoms with Crippen molar-refractivity contribution in [3.63, 3.8) is 0 Å². The molecule has 0 saturated heterocycles. The van der Waals surface area contributed by atoms with E-state index in [1.165, 1.54) is 13.2 Å². The molecule has 1 aliphatic carbocycles. The SMILES string of the molecule is COc1cc(NC2(C)CC2)ccc1[N+](=O)[O-]. The molecule has 0 atom stereocenters. The van der Waals surface area contributed by atoms with Gasteiger partial charge in [-0.1, -0.05) is 0 Å². The van der Waals surface area contributed by atoms with Crippen molar-refractivity contribution in [2.75, 3.05) is 12.4 Å². The van der Waals surface area contributed by atoms with Crippen LogP contribution < -0.4 is 10.1 Å².